The van der Waals surface area contributed by atoms with Gasteiger partial charge in [0.2, 0.25) is 11.8 Å². The predicted octanol–water partition coefficient (Wildman–Crippen LogP) is -2.86. The van der Waals surface area contributed by atoms with Crippen molar-refractivity contribution in [2.75, 3.05) is 51.0 Å². The van der Waals surface area contributed by atoms with Crippen LogP contribution in [0.25, 0.3) is 0 Å². The minimum absolute atomic E-state index is 0. The molecule has 16 N–H and O–H groups in total. The molecular weight excluding hydrogens is 1500 g/mol. The van der Waals surface area contributed by atoms with Crippen molar-refractivity contribution >= 4 is 171 Å². The van der Waals surface area contributed by atoms with Gasteiger partial charge in [-0.15, -0.1) is 0 Å². The van der Waals surface area contributed by atoms with Crippen LogP contribution in [0, 0.1) is 21.4 Å². The summed E-state index contributed by atoms with van der Waals surface area (Å²) in [5.74, 6) is -2.64. The van der Waals surface area contributed by atoms with Crippen LogP contribution in [-0.4, -0.2) is 174 Å². The number of likely N-dealkylation sites (N-methyl/N-ethyl adjacent to an activating group) is 2. The molecule has 2 rings (SSSR count). The van der Waals surface area contributed by atoms with E-state index in [1.165, 1.54) is 0 Å². The Labute approximate surface area is 455 Å². The number of hydrogen-bond acceptors (Lipinski definition) is 16. The number of benzene rings is 2. The van der Waals surface area contributed by atoms with Gasteiger partial charge in [-0.2, -0.15) is 0 Å². The molecule has 20 nitrogen and oxygen atoms in total. The zero-order chi connectivity index (χ0) is 46.6. The molecule has 0 saturated heterocycles. The molecule has 0 aliphatic heterocycles. The minimum Gasteiger partial charge on any atom is -0.478 e. The maximum atomic E-state index is 12.4. The summed E-state index contributed by atoms with van der Waals surface area (Å²) in [5, 5.41) is 119. The number of nitrogens with one attached hydrogen (secondary N) is 4. The van der Waals surface area contributed by atoms with E-state index in [9.17, 15) is 39.6 Å². The van der Waals surface area contributed by atoms with Crippen molar-refractivity contribution < 1.29 is 110 Å². The topological polar surface area (TPSA) is 359 Å². The second kappa shape index (κ2) is 33.7. The Hall–Kier alpha value is 1.22. The van der Waals surface area contributed by atoms with Gasteiger partial charge in [0.25, 0.3) is 0 Å². The number of carbonyl (C=O) groups is 4. The van der Waals surface area contributed by atoms with E-state index < -0.39 is 74.0 Å². The summed E-state index contributed by atoms with van der Waals surface area (Å²) in [4.78, 5) is 47.9. The van der Waals surface area contributed by atoms with E-state index in [0.717, 1.165) is 7.14 Å². The Morgan fingerprint density at radius 1 is 0.525 bits per heavy atom. The molecule has 0 spiro atoms. The Balaban J connectivity index is 0. The molecule has 0 unspecified atom stereocenters. The molecule has 61 heavy (non-hydrogen) atoms. The molecule has 0 heterocycles. The van der Waals surface area contributed by atoms with Crippen molar-refractivity contribution in [3.8, 4) is 0 Å². The number of rotatable bonds is 21. The fourth-order valence-electron chi connectivity index (χ4n) is 4.56. The molecule has 342 valence electrons. The van der Waals surface area contributed by atoms with Crippen molar-refractivity contribution in [1.82, 2.24) is 10.6 Å². The van der Waals surface area contributed by atoms with E-state index in [1.807, 2.05) is 90.4 Å². The first kappa shape index (κ1) is 64.3. The molecule has 2 amide bonds. The van der Waals surface area contributed by atoms with E-state index in [1.54, 1.807) is 26.2 Å². The van der Waals surface area contributed by atoms with Crippen LogP contribution in [0.1, 0.15) is 46.4 Å². The Morgan fingerprint density at radius 2 is 0.803 bits per heavy atom. The number of anilines is 2. The van der Waals surface area contributed by atoms with Gasteiger partial charge in [-0.3, -0.25) is 9.59 Å². The van der Waals surface area contributed by atoms with E-state index in [0.29, 0.717) is 38.5 Å². The van der Waals surface area contributed by atoms with Crippen LogP contribution in [0.4, 0.5) is 11.4 Å². The second-order valence-corrected chi connectivity index (χ2v) is 19.2. The standard InChI is InChI=1S/C20H14I6N2O6.2C7H17NO5.Na/c21-7-5-9(23)17(15(25)13(7)19(31)32)27-11(29)3-1-2-4-12(30)28-18-10(24)6-8(22)14(16(18)26)20(33)34;2*1-8-2-4(10)6(12)7(13)5(11)3-9;/h5-6H,1-4H2,(H,27,29)(H,28,30)(H,31,32)(H,33,34);2*4-13H,2-3H2,1H3;/q;;;+1/t;2*4-,5+,6+,7+;/m.00./s1. The quantitative estimate of drug-likeness (QED) is 0.0340. The average molecular weight is 1550 g/mol. The first-order chi connectivity index (χ1) is 27.9. The summed E-state index contributed by atoms with van der Waals surface area (Å²) in [6.45, 7) is -1.14. The van der Waals surface area contributed by atoms with Gasteiger partial charge < -0.3 is 82.5 Å². The Kier molecular flexibility index (Phi) is 35.5. The van der Waals surface area contributed by atoms with Crippen molar-refractivity contribution in [2.24, 2.45) is 0 Å². The fourth-order valence-corrected chi connectivity index (χ4v) is 12.8. The molecule has 0 aliphatic carbocycles. The van der Waals surface area contributed by atoms with Gasteiger partial charge in [-0.1, -0.05) is 0 Å². The minimum atomic E-state index is -1.55. The van der Waals surface area contributed by atoms with Crippen LogP contribution in [0.5, 0.6) is 0 Å². The van der Waals surface area contributed by atoms with E-state index in [4.69, 9.17) is 40.9 Å². The number of carbonyl (C=O) groups excluding carboxylic acids is 2. The number of carboxylic acid groups (broad SMARTS) is 2. The van der Waals surface area contributed by atoms with Crippen LogP contribution in [0.15, 0.2) is 12.1 Å². The number of aliphatic hydroxyl groups is 10. The Morgan fingerprint density at radius 3 is 1.05 bits per heavy atom. The summed E-state index contributed by atoms with van der Waals surface area (Å²) in [6, 6.07) is 3.41. The largest absolute Gasteiger partial charge is 1.00 e. The van der Waals surface area contributed by atoms with E-state index in [-0.39, 0.29) is 78.4 Å². The molecular formula is C34H48I6N4NaO16+. The molecule has 0 aromatic heterocycles. The predicted molar refractivity (Wildman–Crippen MR) is 269 cm³/mol. The van der Waals surface area contributed by atoms with Gasteiger partial charge in [-0.25, -0.2) is 9.59 Å². The average Bonchev–Trinajstić information content (AvgIpc) is 3.18. The molecule has 0 bridgehead atoms. The van der Waals surface area contributed by atoms with Crippen LogP contribution in [-0.2, 0) is 9.59 Å². The normalized spacial score (nSPS) is 14.8. The first-order valence-electron chi connectivity index (χ1n) is 17.3. The van der Waals surface area contributed by atoms with Crippen LogP contribution in [0.3, 0.4) is 0 Å². The maximum absolute atomic E-state index is 12.4. The smallest absolute Gasteiger partial charge is 0.478 e. The van der Waals surface area contributed by atoms with Crippen molar-refractivity contribution in [3.05, 3.63) is 44.7 Å². The fraction of sp³-hybridized carbons (Fsp3) is 0.529. The zero-order valence-electron chi connectivity index (χ0n) is 32.7. The summed E-state index contributed by atoms with van der Waals surface area (Å²) < 4.78 is 3.61. The van der Waals surface area contributed by atoms with Gasteiger partial charge in [0.05, 0.1) is 55.1 Å². The second-order valence-electron chi connectivity index (χ2n) is 12.4. The Bertz CT molecular complexity index is 1600. The van der Waals surface area contributed by atoms with Crippen LogP contribution < -0.4 is 50.8 Å². The number of carboxylic acids is 2. The summed E-state index contributed by atoms with van der Waals surface area (Å²) in [6.07, 6.45) is -10.0. The molecule has 8 atom stereocenters. The molecule has 0 saturated carbocycles. The number of halogens is 6. The monoisotopic (exact) mass is 1550 g/mol. The molecule has 0 fully saturated rings. The third-order valence-corrected chi connectivity index (χ3v) is 13.4. The number of unbranched alkanes of at least 4 members (excludes halogenated alkanes) is 1. The third-order valence-electron chi connectivity index (χ3n) is 7.83. The maximum Gasteiger partial charge on any atom is 1.00 e. The van der Waals surface area contributed by atoms with Gasteiger partial charge in [0.1, 0.15) is 36.6 Å². The van der Waals surface area contributed by atoms with E-state index in [2.05, 4.69) is 66.4 Å². The van der Waals surface area contributed by atoms with Gasteiger partial charge in [0, 0.05) is 40.2 Å². The molecule has 27 heteroatoms. The van der Waals surface area contributed by atoms with Crippen molar-refractivity contribution in [2.45, 2.75) is 74.5 Å². The van der Waals surface area contributed by atoms with Crippen molar-refractivity contribution in [3.63, 3.8) is 0 Å². The number of aromatic carboxylic acids is 2. The SMILES string of the molecule is CNC[C@H](O)[C@@H](O)[C@H](O)[C@H](O)CO.CNC[C@H](O)[C@@H](O)[C@H](O)[C@H](O)CO.O=C(CCCCC(=O)Nc1c(I)cc(I)c(C(=O)O)c1I)Nc1c(I)cc(I)c(C(=O)O)c1I.[Na+]. The van der Waals surface area contributed by atoms with Crippen LogP contribution in [0.2, 0.25) is 0 Å². The van der Waals surface area contributed by atoms with E-state index >= 15 is 0 Å². The van der Waals surface area contributed by atoms with Crippen molar-refractivity contribution in [1.29, 1.82) is 0 Å². The summed E-state index contributed by atoms with van der Waals surface area (Å²) >= 11 is 11.9. The van der Waals surface area contributed by atoms with Gasteiger partial charge in [0.15, 0.2) is 0 Å². The number of aliphatic hydroxyl groups excluding tert-OH is 10. The summed E-state index contributed by atoms with van der Waals surface area (Å²) in [5.41, 5.74) is 1.25. The number of amides is 2. The first-order valence-corrected chi connectivity index (χ1v) is 23.8. The third kappa shape index (κ3) is 22.3. The molecule has 0 aliphatic rings. The molecule has 2 aromatic rings. The molecule has 2 aromatic carbocycles. The zero-order valence-corrected chi connectivity index (χ0v) is 47.6. The summed E-state index contributed by atoms with van der Waals surface area (Å²) in [7, 11) is 3.15. The van der Waals surface area contributed by atoms with Gasteiger partial charge >= 0.3 is 41.5 Å². The molecule has 0 radical (unpaired) electrons. The van der Waals surface area contributed by atoms with Crippen LogP contribution >= 0.6 is 136 Å². The number of hydrogen-bond donors (Lipinski definition) is 16. The van der Waals surface area contributed by atoms with Gasteiger partial charge in [-0.05, 0) is 175 Å².